The van der Waals surface area contributed by atoms with Crippen LogP contribution in [0.5, 0.6) is 0 Å². The van der Waals surface area contributed by atoms with E-state index in [9.17, 15) is 4.79 Å². The summed E-state index contributed by atoms with van der Waals surface area (Å²) in [6.07, 6.45) is 9.12. The molecular formula is C16H29NO6. The highest BCUT2D eigenvalue weighted by Gasteiger charge is 1.95. The van der Waals surface area contributed by atoms with Crippen LogP contribution in [-0.2, 0) is 23.8 Å². The van der Waals surface area contributed by atoms with Crippen LogP contribution >= 0.6 is 0 Å². The van der Waals surface area contributed by atoms with Gasteiger partial charge in [0.1, 0.15) is 6.26 Å². The first-order valence-corrected chi connectivity index (χ1v) is 7.01. The topological polar surface area (TPSA) is 108 Å². The maximum atomic E-state index is 9.59. The molecule has 7 heteroatoms. The van der Waals surface area contributed by atoms with Gasteiger partial charge in [0.15, 0.2) is 5.76 Å². The van der Waals surface area contributed by atoms with Crippen molar-refractivity contribution in [3.63, 3.8) is 0 Å². The van der Waals surface area contributed by atoms with Crippen LogP contribution in [0.15, 0.2) is 35.9 Å². The molecule has 0 aliphatic rings. The van der Waals surface area contributed by atoms with E-state index in [0.717, 1.165) is 12.8 Å². The summed E-state index contributed by atoms with van der Waals surface area (Å²) in [5, 5.41) is 6.89. The van der Waals surface area contributed by atoms with Gasteiger partial charge in [-0.2, -0.15) is 0 Å². The molecule has 0 saturated carbocycles. The average molecular weight is 331 g/mol. The van der Waals surface area contributed by atoms with Crippen molar-refractivity contribution in [1.82, 2.24) is 0 Å². The van der Waals surface area contributed by atoms with Crippen molar-refractivity contribution >= 4 is 12.4 Å². The number of hydrogen-bond donors (Lipinski definition) is 2. The van der Waals surface area contributed by atoms with E-state index in [1.165, 1.54) is 14.0 Å². The number of ether oxygens (including phenoxy) is 3. The van der Waals surface area contributed by atoms with E-state index in [1.807, 2.05) is 19.1 Å². The second-order valence-corrected chi connectivity index (χ2v) is 3.90. The lowest BCUT2D eigenvalue weighted by atomic mass is 10.3. The molecule has 0 bridgehead atoms. The van der Waals surface area contributed by atoms with Crippen molar-refractivity contribution < 1.29 is 28.9 Å². The van der Waals surface area contributed by atoms with Gasteiger partial charge in [0.2, 0.25) is 0 Å². The second kappa shape index (κ2) is 21.9. The first-order chi connectivity index (χ1) is 10.9. The zero-order valence-corrected chi connectivity index (χ0v) is 14.6. The van der Waals surface area contributed by atoms with Crippen LogP contribution in [0.25, 0.3) is 0 Å². The van der Waals surface area contributed by atoms with E-state index in [0.29, 0.717) is 18.1 Å². The zero-order valence-electron chi connectivity index (χ0n) is 14.6. The molecule has 0 atom stereocenters. The summed E-state index contributed by atoms with van der Waals surface area (Å²) in [6, 6.07) is 0. The second-order valence-electron chi connectivity index (χ2n) is 3.90. The van der Waals surface area contributed by atoms with Crippen LogP contribution in [-0.4, -0.2) is 38.4 Å². The molecule has 0 aromatic heterocycles. The molecule has 0 rings (SSSR count). The van der Waals surface area contributed by atoms with Crippen LogP contribution in [0.4, 0.5) is 0 Å². The van der Waals surface area contributed by atoms with Gasteiger partial charge in [-0.25, -0.2) is 0 Å². The van der Waals surface area contributed by atoms with Gasteiger partial charge < -0.3 is 25.1 Å². The van der Waals surface area contributed by atoms with Crippen molar-refractivity contribution in [3.05, 3.63) is 35.9 Å². The Hall–Kier alpha value is -2.44. The number of methoxy groups -OCH3 is 2. The van der Waals surface area contributed by atoms with Crippen LogP contribution in [0.1, 0.15) is 33.6 Å². The van der Waals surface area contributed by atoms with Crippen LogP contribution in [0, 0.1) is 0 Å². The molecule has 0 unspecified atom stereocenters. The molecule has 0 aliphatic heterocycles. The van der Waals surface area contributed by atoms with Gasteiger partial charge in [0.25, 0.3) is 6.47 Å². The third-order valence-corrected chi connectivity index (χ3v) is 1.96. The monoisotopic (exact) mass is 331 g/mol. The van der Waals surface area contributed by atoms with Gasteiger partial charge in [-0.15, -0.1) is 0 Å². The molecule has 0 amide bonds. The summed E-state index contributed by atoms with van der Waals surface area (Å²) in [5.41, 5.74) is 6.37. The van der Waals surface area contributed by atoms with E-state index in [4.69, 9.17) is 25.1 Å². The Balaban J connectivity index is -0.000000414. The molecule has 3 N–H and O–H groups in total. The molecule has 23 heavy (non-hydrogen) atoms. The van der Waals surface area contributed by atoms with E-state index in [2.05, 4.69) is 11.7 Å². The normalized spacial score (nSPS) is 10.7. The molecule has 134 valence electrons. The molecule has 0 aromatic carbocycles. The number of esters is 1. The minimum absolute atomic E-state index is 0.245. The number of nitrogens with two attached hydrogens (primary N) is 1. The van der Waals surface area contributed by atoms with Crippen molar-refractivity contribution in [2.45, 2.75) is 33.6 Å². The largest absolute Gasteiger partial charge is 0.501 e. The zero-order chi connectivity index (χ0) is 18.5. The Morgan fingerprint density at radius 2 is 1.83 bits per heavy atom. The smallest absolute Gasteiger partial charge is 0.302 e. The molecule has 0 aromatic rings. The van der Waals surface area contributed by atoms with E-state index >= 15 is 0 Å². The van der Waals surface area contributed by atoms with Gasteiger partial charge in [-0.1, -0.05) is 19.4 Å². The van der Waals surface area contributed by atoms with E-state index in [-0.39, 0.29) is 12.4 Å². The highest BCUT2D eigenvalue weighted by atomic mass is 16.5. The minimum Gasteiger partial charge on any atom is -0.501 e. The summed E-state index contributed by atoms with van der Waals surface area (Å²) in [6.45, 7) is 5.83. The SMILES string of the molecule is COC(C)=O.C\C=C/C(N)=C\C(=C\OC)OCCCC.O=CO. The summed E-state index contributed by atoms with van der Waals surface area (Å²) in [5.74, 6) is 0.409. The molecular weight excluding hydrogens is 302 g/mol. The molecule has 7 nitrogen and oxygen atoms in total. The molecule has 0 heterocycles. The summed E-state index contributed by atoms with van der Waals surface area (Å²) in [7, 11) is 2.94. The van der Waals surface area contributed by atoms with Crippen molar-refractivity contribution in [2.75, 3.05) is 20.8 Å². The predicted molar refractivity (Wildman–Crippen MR) is 89.4 cm³/mol. The van der Waals surface area contributed by atoms with Gasteiger partial charge in [-0.05, 0) is 19.4 Å². The first-order valence-electron chi connectivity index (χ1n) is 7.01. The highest BCUT2D eigenvalue weighted by molar-refractivity contribution is 5.65. The predicted octanol–water partition coefficient (Wildman–Crippen LogP) is 2.59. The number of allylic oxidation sites excluding steroid dienone is 3. The third-order valence-electron chi connectivity index (χ3n) is 1.96. The summed E-state index contributed by atoms with van der Waals surface area (Å²) >= 11 is 0. The fourth-order valence-electron chi connectivity index (χ4n) is 0.965. The van der Waals surface area contributed by atoms with Crippen LogP contribution in [0.2, 0.25) is 0 Å². The first kappa shape index (κ1) is 25.5. The number of unbranched alkanes of at least 4 members (excludes halogenated alkanes) is 1. The Labute approximate surface area is 138 Å². The number of hydrogen-bond acceptors (Lipinski definition) is 6. The molecule has 0 radical (unpaired) electrons. The molecule has 0 fully saturated rings. The number of carbonyl (C=O) groups is 2. The molecule has 0 saturated heterocycles. The highest BCUT2D eigenvalue weighted by Crippen LogP contribution is 2.04. The van der Waals surface area contributed by atoms with Gasteiger partial charge in [-0.3, -0.25) is 9.59 Å². The minimum atomic E-state index is -0.250. The number of carbonyl (C=O) groups excluding carboxylic acids is 1. The lowest BCUT2D eigenvalue weighted by Gasteiger charge is -2.06. The quantitative estimate of drug-likeness (QED) is 0.243. The van der Waals surface area contributed by atoms with E-state index < -0.39 is 0 Å². The Kier molecular flexibility index (Phi) is 24.2. The summed E-state index contributed by atoms with van der Waals surface area (Å²) < 4.78 is 14.5. The van der Waals surface area contributed by atoms with Crippen molar-refractivity contribution in [1.29, 1.82) is 0 Å². The van der Waals surface area contributed by atoms with Gasteiger partial charge in [0.05, 0.1) is 20.8 Å². The lowest BCUT2D eigenvalue weighted by molar-refractivity contribution is -0.138. The number of carboxylic acid groups (broad SMARTS) is 1. The van der Waals surface area contributed by atoms with Crippen molar-refractivity contribution in [2.24, 2.45) is 5.73 Å². The Bertz CT molecular complexity index is 375. The Morgan fingerprint density at radius 3 is 2.17 bits per heavy atom. The van der Waals surface area contributed by atoms with Crippen LogP contribution < -0.4 is 5.73 Å². The van der Waals surface area contributed by atoms with E-state index in [1.54, 1.807) is 19.4 Å². The maximum absolute atomic E-state index is 9.59. The standard InChI is InChI=1S/C12H21NO2.C3H6O2.CH2O2/c1-4-6-8-15-12(10-14-3)9-11(13)7-5-2;1-3(4)5-2;2-1-3/h5,7,9-10H,4,6,8,13H2,1-3H3;1-2H3;1H,(H,2,3)/b7-5-,11-9+,12-10-;;. The summed E-state index contributed by atoms with van der Waals surface area (Å²) in [4.78, 5) is 18.0. The van der Waals surface area contributed by atoms with Crippen LogP contribution in [0.3, 0.4) is 0 Å². The number of rotatable bonds is 7. The Morgan fingerprint density at radius 1 is 1.30 bits per heavy atom. The average Bonchev–Trinajstić information content (AvgIpc) is 2.49. The fourth-order valence-corrected chi connectivity index (χ4v) is 0.965. The molecule has 0 spiro atoms. The van der Waals surface area contributed by atoms with Gasteiger partial charge >= 0.3 is 5.97 Å². The fraction of sp³-hybridized carbons (Fsp3) is 0.500. The van der Waals surface area contributed by atoms with Crippen molar-refractivity contribution in [3.8, 4) is 0 Å². The van der Waals surface area contributed by atoms with Gasteiger partial charge in [0, 0.05) is 18.7 Å². The molecule has 0 aliphatic carbocycles. The third kappa shape index (κ3) is 28.5. The maximum Gasteiger partial charge on any atom is 0.302 e. The lowest BCUT2D eigenvalue weighted by Crippen LogP contribution is -1.98.